The summed E-state index contributed by atoms with van der Waals surface area (Å²) in [5.74, 6) is 0. The molecule has 0 aromatic carbocycles. The maximum Gasteiger partial charge on any atom is -0.00000474 e. The van der Waals surface area contributed by atoms with Crippen LogP contribution in [0.3, 0.4) is 0 Å². The third-order valence-electron chi connectivity index (χ3n) is 1.78. The predicted octanol–water partition coefficient (Wildman–Crippen LogP) is -8.12. The van der Waals surface area contributed by atoms with E-state index in [2.05, 4.69) is 7.06 Å². The molecule has 0 amide bonds. The van der Waals surface area contributed by atoms with Gasteiger partial charge in [0.25, 0.3) is 0 Å². The van der Waals surface area contributed by atoms with Crippen molar-refractivity contribution < 1.29 is 0 Å². The van der Waals surface area contributed by atoms with Crippen LogP contribution in [0.4, 0.5) is 0 Å². The molecule has 0 bridgehead atoms. The molecule has 0 fully saturated rings. The first-order valence-electron chi connectivity index (χ1n) is 3.67. The molecule has 0 heterocycles. The van der Waals surface area contributed by atoms with Gasteiger partial charge in [0.2, 0.25) is 0 Å². The second-order valence-electron chi connectivity index (χ2n) is 2.89. The maximum absolute atomic E-state index is 6.09. The SMILES string of the molecule is [B]B([B])B(B([BH3-])[BH3-])B(B([B])[B])B([B])[B][BH3-]. The average Bonchev–Trinajstić information content (AvgIpc) is 2.10. The van der Waals surface area contributed by atoms with Crippen molar-refractivity contribution in [1.29, 1.82) is 0 Å². The average molecular weight is 171 g/mol. The van der Waals surface area contributed by atoms with Crippen molar-refractivity contribution in [2.24, 2.45) is 0 Å². The van der Waals surface area contributed by atoms with Gasteiger partial charge in [-0.15, -0.1) is 15.5 Å². The third-order valence-corrected chi connectivity index (χ3v) is 1.78. The molecule has 0 atom stereocenters. The molecule has 0 nitrogen and oxygen atoms in total. The van der Waals surface area contributed by atoms with E-state index in [1.54, 1.807) is 0 Å². The Kier molecular flexibility index (Phi) is 7.81. The van der Waals surface area contributed by atoms with E-state index in [0.717, 1.165) is 6.39 Å². The van der Waals surface area contributed by atoms with Crippen molar-refractivity contribution >= 4 is 107 Å². The van der Waals surface area contributed by atoms with E-state index < -0.39 is 0 Å². The summed E-state index contributed by atoms with van der Waals surface area (Å²) in [4.78, 5) is 0. The summed E-state index contributed by atoms with van der Waals surface area (Å²) in [5.41, 5.74) is 0. The standard InChI is InChI=1S/B15H9/c1-9-13(8)15(12(6)7)14(10(2)3)11(4)5/h1-3H3/q-3. The molecule has 0 spiro atoms. The van der Waals surface area contributed by atoms with Gasteiger partial charge in [-0.3, -0.25) is 6.39 Å². The highest BCUT2D eigenvalue weighted by atomic mass is 13.2. The van der Waals surface area contributed by atoms with Crippen molar-refractivity contribution in [1.82, 2.24) is 0 Å². The van der Waals surface area contributed by atoms with Crippen LogP contribution in [0.2, 0.25) is 0 Å². The van der Waals surface area contributed by atoms with E-state index in [-0.39, 0.29) is 39.7 Å². The van der Waals surface area contributed by atoms with Gasteiger partial charge in [0, 0.05) is 0 Å². The quantitative estimate of drug-likeness (QED) is 0.348. The van der Waals surface area contributed by atoms with Gasteiger partial charge in [-0.25, -0.2) is 0 Å². The molecule has 0 unspecified atom stereocenters. The molecule has 0 saturated carbocycles. The number of rotatable bonds is 6. The molecule has 0 aliphatic carbocycles. The molecule has 0 rings (SSSR count). The summed E-state index contributed by atoms with van der Waals surface area (Å²) in [6, 6.07) is 0. The minimum atomic E-state index is -0.382. The van der Waals surface area contributed by atoms with Crippen molar-refractivity contribution in [2.75, 3.05) is 0 Å². The fraction of sp³-hybridized carbons (Fsp3) is 0. The molecule has 0 aliphatic heterocycles. The molecule has 15 heavy (non-hydrogen) atoms. The lowest BCUT2D eigenvalue weighted by Crippen LogP contribution is -2.73. The Bertz CT molecular complexity index is 147. The normalized spacial score (nSPS) is 9.00. The fourth-order valence-corrected chi connectivity index (χ4v) is 1.03. The lowest BCUT2D eigenvalue weighted by molar-refractivity contribution is 3.40. The van der Waals surface area contributed by atoms with E-state index >= 15 is 0 Å². The van der Waals surface area contributed by atoms with Crippen LogP contribution >= 0.6 is 0 Å². The molecule has 0 aromatic heterocycles. The van der Waals surface area contributed by atoms with E-state index in [4.69, 9.17) is 38.7 Å². The molecule has 15 heteroatoms. The highest BCUT2D eigenvalue weighted by Gasteiger charge is 2.31. The Labute approximate surface area is 107 Å². The van der Waals surface area contributed by atoms with Gasteiger partial charge in [-0.1, -0.05) is 14.1 Å². The van der Waals surface area contributed by atoms with E-state index in [1.165, 1.54) is 0 Å². The van der Waals surface area contributed by atoms with Crippen molar-refractivity contribution in [3.05, 3.63) is 0 Å². The van der Waals surface area contributed by atoms with Crippen molar-refractivity contribution in [2.45, 2.75) is 0 Å². The van der Waals surface area contributed by atoms with Crippen LogP contribution in [0.5, 0.6) is 0 Å². The topological polar surface area (TPSA) is 0 Å². The first kappa shape index (κ1) is 16.0. The molecule has 0 aromatic rings. The molecule has 0 N–H and O–H groups in total. The third kappa shape index (κ3) is 4.78. The van der Waals surface area contributed by atoms with E-state index in [1.807, 2.05) is 0 Å². The highest BCUT2D eigenvalue weighted by Crippen LogP contribution is 1.98. The second-order valence-corrected chi connectivity index (χ2v) is 2.89. The summed E-state index contributed by atoms with van der Waals surface area (Å²) >= 11 is 0. The largest absolute Gasteiger partial charge is 0.262 e. The van der Waals surface area contributed by atoms with Crippen LogP contribution in [0.1, 0.15) is 0 Å². The lowest BCUT2D eigenvalue weighted by Gasteiger charge is -2.41. The van der Waals surface area contributed by atoms with Gasteiger partial charge in [-0.2, -0.15) is 7.06 Å². The predicted molar refractivity (Wildman–Crippen MR) is 98.9 cm³/mol. The number of hydrogen-bond donors (Lipinski definition) is 0. The first-order valence-corrected chi connectivity index (χ1v) is 3.67. The summed E-state index contributed by atoms with van der Waals surface area (Å²) in [6.45, 7) is 0. The van der Waals surface area contributed by atoms with E-state index in [0.29, 0.717) is 15.5 Å². The van der Waals surface area contributed by atoms with Gasteiger partial charge >= 0.3 is 0 Å². The molecular weight excluding hydrogens is 162 g/mol. The summed E-state index contributed by atoms with van der Waals surface area (Å²) in [7, 11) is 32.4. The van der Waals surface area contributed by atoms with Crippen molar-refractivity contribution in [3.63, 3.8) is 0 Å². The summed E-state index contributed by atoms with van der Waals surface area (Å²) in [5, 5.41) is 0. The smallest absolute Gasteiger partial charge is 0.00000474 e. The van der Waals surface area contributed by atoms with Crippen LogP contribution in [0.15, 0.2) is 0 Å². The molecular formula is H9B15-3. The minimum absolute atomic E-state index is 0.0170. The Morgan fingerprint density at radius 3 is 1.40 bits per heavy atom. The van der Waals surface area contributed by atoms with Gasteiger partial charge in [-0.05, 0) is 64.2 Å². The summed E-state index contributed by atoms with van der Waals surface area (Å²) < 4.78 is 0. The monoisotopic (exact) mass is 174 g/mol. The van der Waals surface area contributed by atoms with Crippen LogP contribution in [-0.2, 0) is 0 Å². The zero-order chi connectivity index (χ0) is 12.2. The Balaban J connectivity index is 4.84. The number of hydrogen-bond acceptors (Lipinski definition) is 0. The lowest BCUT2D eigenvalue weighted by atomic mass is 8.46. The summed E-state index contributed by atoms with van der Waals surface area (Å²) in [6.07, 6.45) is 0.555. The minimum Gasteiger partial charge on any atom is -0.262 e. The molecule has 11 radical (unpaired) electrons. The van der Waals surface area contributed by atoms with Gasteiger partial charge in [0.1, 0.15) is 0 Å². The van der Waals surface area contributed by atoms with Crippen molar-refractivity contribution in [3.8, 4) is 0 Å². The van der Waals surface area contributed by atoms with Gasteiger partial charge in [0.05, 0.1) is 0 Å². The van der Waals surface area contributed by atoms with Gasteiger partial charge < -0.3 is 0 Å². The maximum atomic E-state index is 6.09. The Morgan fingerprint density at radius 2 is 1.20 bits per heavy atom. The first-order chi connectivity index (χ1) is 6.82. The molecule has 57 valence electrons. The van der Waals surface area contributed by atoms with E-state index in [9.17, 15) is 0 Å². The van der Waals surface area contributed by atoms with Crippen LogP contribution in [-0.4, -0.2) is 107 Å². The molecule has 0 aliphatic rings. The zero-order valence-corrected chi connectivity index (χ0v) is 6.93. The molecule has 0 saturated heterocycles. The Morgan fingerprint density at radius 1 is 0.800 bits per heavy atom. The van der Waals surface area contributed by atoms with Crippen LogP contribution < -0.4 is 0 Å². The van der Waals surface area contributed by atoms with Gasteiger partial charge in [0.15, 0.2) is 0 Å². The Hall–Kier alpha value is 0.974. The fourth-order valence-electron chi connectivity index (χ4n) is 1.03. The highest BCUT2D eigenvalue weighted by molar-refractivity contribution is 8.12. The second kappa shape index (κ2) is 7.33. The zero-order valence-electron chi connectivity index (χ0n) is 6.93. The van der Waals surface area contributed by atoms with Crippen LogP contribution in [0, 0.1) is 0 Å². The van der Waals surface area contributed by atoms with Crippen LogP contribution in [0.25, 0.3) is 0 Å².